The zero-order chi connectivity index (χ0) is 21.4. The molecule has 1 amide bonds. The van der Waals surface area contributed by atoms with Gasteiger partial charge in [0.15, 0.2) is 0 Å². The highest BCUT2D eigenvalue weighted by atomic mass is 16.1. The zero-order valence-corrected chi connectivity index (χ0v) is 18.9. The standard InChI is InChI=1S/C26H42N2O/c1-4-5-6-7-8-9-10-11-12-13-14-15-16-17-18-19-20-21-22-23-26(29)27-24-25-28(2)3/h5-6,8-9,11-12,14-15,17-18,20-21H,4,7,10,13,16,19,22-25H2,1-3H3,(H,27,29)/b6-5-,9-8-,12-11-,15-14-,18-17-,21-20-. The Kier molecular flexibility index (Phi) is 20.5. The molecule has 0 aromatic carbocycles. The van der Waals surface area contributed by atoms with Crippen LogP contribution in [0, 0.1) is 0 Å². The van der Waals surface area contributed by atoms with Gasteiger partial charge in [0.1, 0.15) is 0 Å². The van der Waals surface area contributed by atoms with Gasteiger partial charge in [0.25, 0.3) is 0 Å². The van der Waals surface area contributed by atoms with Crippen molar-refractivity contribution in [1.82, 2.24) is 10.2 Å². The lowest BCUT2D eigenvalue weighted by molar-refractivity contribution is -0.121. The summed E-state index contributed by atoms with van der Waals surface area (Å²) in [5.41, 5.74) is 0. The molecule has 0 aromatic rings. The lowest BCUT2D eigenvalue weighted by Crippen LogP contribution is -2.31. The minimum atomic E-state index is 0.131. The van der Waals surface area contributed by atoms with Crippen LogP contribution < -0.4 is 5.32 Å². The predicted octanol–water partition coefficient (Wildman–Crippen LogP) is 6.14. The first-order valence-electron chi connectivity index (χ1n) is 11.0. The monoisotopic (exact) mass is 398 g/mol. The van der Waals surface area contributed by atoms with Gasteiger partial charge in [-0.3, -0.25) is 4.79 Å². The van der Waals surface area contributed by atoms with E-state index in [1.54, 1.807) is 0 Å². The van der Waals surface area contributed by atoms with Crippen molar-refractivity contribution in [2.45, 2.75) is 58.3 Å². The fourth-order valence-electron chi connectivity index (χ4n) is 2.36. The Balaban J connectivity index is 3.56. The third-order valence-corrected chi connectivity index (χ3v) is 4.02. The zero-order valence-electron chi connectivity index (χ0n) is 18.9. The van der Waals surface area contributed by atoms with E-state index >= 15 is 0 Å². The van der Waals surface area contributed by atoms with E-state index in [4.69, 9.17) is 0 Å². The molecule has 29 heavy (non-hydrogen) atoms. The molecule has 0 aromatic heterocycles. The first kappa shape index (κ1) is 26.9. The Bertz CT molecular complexity index is 551. The lowest BCUT2D eigenvalue weighted by atomic mass is 10.2. The molecule has 0 aliphatic heterocycles. The van der Waals surface area contributed by atoms with Crippen molar-refractivity contribution >= 4 is 5.91 Å². The van der Waals surface area contributed by atoms with Crippen LogP contribution in [0.2, 0.25) is 0 Å². The number of nitrogens with one attached hydrogen (secondary N) is 1. The summed E-state index contributed by atoms with van der Waals surface area (Å²) in [5.74, 6) is 0.131. The van der Waals surface area contributed by atoms with E-state index in [1.165, 1.54) is 0 Å². The van der Waals surface area contributed by atoms with Gasteiger partial charge in [-0.15, -0.1) is 0 Å². The van der Waals surface area contributed by atoms with Crippen LogP contribution >= 0.6 is 0 Å². The van der Waals surface area contributed by atoms with E-state index in [0.29, 0.717) is 6.42 Å². The fourth-order valence-corrected chi connectivity index (χ4v) is 2.36. The minimum Gasteiger partial charge on any atom is -0.355 e. The van der Waals surface area contributed by atoms with Gasteiger partial charge in [-0.25, -0.2) is 0 Å². The van der Waals surface area contributed by atoms with Crippen molar-refractivity contribution in [2.75, 3.05) is 27.2 Å². The number of carbonyl (C=O) groups is 1. The second-order valence-corrected chi connectivity index (χ2v) is 7.11. The Morgan fingerprint density at radius 2 is 1.10 bits per heavy atom. The molecular weight excluding hydrogens is 356 g/mol. The number of hydrogen-bond donors (Lipinski definition) is 1. The highest BCUT2D eigenvalue weighted by Crippen LogP contribution is 1.97. The number of allylic oxidation sites excluding steroid dienone is 12. The molecule has 0 aliphatic rings. The molecule has 3 nitrogen and oxygen atoms in total. The van der Waals surface area contributed by atoms with Crippen LogP contribution in [0.15, 0.2) is 72.9 Å². The highest BCUT2D eigenvalue weighted by molar-refractivity contribution is 5.75. The minimum absolute atomic E-state index is 0.131. The molecule has 0 heterocycles. The Morgan fingerprint density at radius 1 is 0.690 bits per heavy atom. The van der Waals surface area contributed by atoms with Crippen molar-refractivity contribution in [3.05, 3.63) is 72.9 Å². The summed E-state index contributed by atoms with van der Waals surface area (Å²) in [5, 5.41) is 2.93. The Labute approximate surface area is 179 Å². The molecule has 3 heteroatoms. The molecule has 0 atom stereocenters. The first-order chi connectivity index (χ1) is 14.2. The Morgan fingerprint density at radius 3 is 1.52 bits per heavy atom. The van der Waals surface area contributed by atoms with Gasteiger partial charge < -0.3 is 10.2 Å². The molecule has 0 saturated carbocycles. The van der Waals surface area contributed by atoms with E-state index in [1.807, 2.05) is 14.1 Å². The molecular formula is C26H42N2O. The van der Waals surface area contributed by atoms with E-state index in [0.717, 1.165) is 58.0 Å². The summed E-state index contributed by atoms with van der Waals surface area (Å²) in [6.07, 6.45) is 33.7. The number of hydrogen-bond acceptors (Lipinski definition) is 2. The topological polar surface area (TPSA) is 32.3 Å². The van der Waals surface area contributed by atoms with E-state index in [-0.39, 0.29) is 5.91 Å². The average molecular weight is 399 g/mol. The third kappa shape index (κ3) is 23.8. The molecule has 0 bridgehead atoms. The van der Waals surface area contributed by atoms with Crippen LogP contribution in [0.1, 0.15) is 58.3 Å². The van der Waals surface area contributed by atoms with Crippen LogP contribution in [0.3, 0.4) is 0 Å². The van der Waals surface area contributed by atoms with E-state index in [2.05, 4.69) is 90.1 Å². The van der Waals surface area contributed by atoms with Crippen LogP contribution in [0.4, 0.5) is 0 Å². The SMILES string of the molecule is CC/C=C\C/C=C\C/C=C\C/C=C\C/C=C\C/C=C\CCC(=O)NCCN(C)C. The number of rotatable bonds is 17. The normalized spacial score (nSPS) is 13.0. The van der Waals surface area contributed by atoms with Gasteiger partial charge in [0.2, 0.25) is 5.91 Å². The molecule has 0 saturated heterocycles. The largest absolute Gasteiger partial charge is 0.355 e. The summed E-state index contributed by atoms with van der Waals surface area (Å²) >= 11 is 0. The molecule has 0 spiro atoms. The van der Waals surface area contributed by atoms with Gasteiger partial charge in [-0.1, -0.05) is 79.8 Å². The van der Waals surface area contributed by atoms with Gasteiger partial charge >= 0.3 is 0 Å². The summed E-state index contributed by atoms with van der Waals surface area (Å²) in [6, 6.07) is 0. The maximum Gasteiger partial charge on any atom is 0.220 e. The van der Waals surface area contributed by atoms with Crippen LogP contribution in [-0.2, 0) is 4.79 Å². The highest BCUT2D eigenvalue weighted by Gasteiger charge is 1.98. The number of amides is 1. The maximum atomic E-state index is 11.6. The molecule has 1 N–H and O–H groups in total. The summed E-state index contributed by atoms with van der Waals surface area (Å²) in [6.45, 7) is 3.75. The summed E-state index contributed by atoms with van der Waals surface area (Å²) in [7, 11) is 4.01. The molecule has 0 radical (unpaired) electrons. The summed E-state index contributed by atoms with van der Waals surface area (Å²) in [4.78, 5) is 13.7. The smallest absolute Gasteiger partial charge is 0.220 e. The Hall–Kier alpha value is -2.13. The predicted molar refractivity (Wildman–Crippen MR) is 129 cm³/mol. The molecule has 0 rings (SSSR count). The quantitative estimate of drug-likeness (QED) is 0.298. The van der Waals surface area contributed by atoms with Crippen molar-refractivity contribution in [2.24, 2.45) is 0 Å². The molecule has 0 aliphatic carbocycles. The molecule has 162 valence electrons. The van der Waals surface area contributed by atoms with E-state index < -0.39 is 0 Å². The van der Waals surface area contributed by atoms with Crippen LogP contribution in [0.5, 0.6) is 0 Å². The van der Waals surface area contributed by atoms with Crippen molar-refractivity contribution in [3.8, 4) is 0 Å². The van der Waals surface area contributed by atoms with Crippen molar-refractivity contribution < 1.29 is 4.79 Å². The maximum absolute atomic E-state index is 11.6. The second kappa shape index (κ2) is 22.2. The molecule has 0 unspecified atom stereocenters. The average Bonchev–Trinajstić information content (AvgIpc) is 2.69. The number of likely N-dealkylation sites (N-methyl/N-ethyl adjacent to an activating group) is 1. The summed E-state index contributed by atoms with van der Waals surface area (Å²) < 4.78 is 0. The van der Waals surface area contributed by atoms with Crippen molar-refractivity contribution in [1.29, 1.82) is 0 Å². The van der Waals surface area contributed by atoms with Crippen LogP contribution in [0.25, 0.3) is 0 Å². The van der Waals surface area contributed by atoms with Gasteiger partial charge in [0.05, 0.1) is 0 Å². The van der Waals surface area contributed by atoms with Gasteiger partial charge in [-0.2, -0.15) is 0 Å². The second-order valence-electron chi connectivity index (χ2n) is 7.11. The fraction of sp³-hybridized carbons (Fsp3) is 0.500. The third-order valence-electron chi connectivity index (χ3n) is 4.02. The number of nitrogens with zero attached hydrogens (tertiary/aromatic N) is 1. The van der Waals surface area contributed by atoms with Gasteiger partial charge in [-0.05, 0) is 59.0 Å². The van der Waals surface area contributed by atoms with Crippen molar-refractivity contribution in [3.63, 3.8) is 0 Å². The van der Waals surface area contributed by atoms with Gasteiger partial charge in [0, 0.05) is 19.5 Å². The number of carbonyl (C=O) groups excluding carboxylic acids is 1. The van der Waals surface area contributed by atoms with E-state index in [9.17, 15) is 4.79 Å². The van der Waals surface area contributed by atoms with Crippen LogP contribution in [-0.4, -0.2) is 38.0 Å². The molecule has 0 fully saturated rings. The first-order valence-corrected chi connectivity index (χ1v) is 11.0. The lowest BCUT2D eigenvalue weighted by Gasteiger charge is -2.09.